The fraction of sp³-hybridized carbons (Fsp3) is 0.217. The van der Waals surface area contributed by atoms with Crippen molar-refractivity contribution in [3.63, 3.8) is 0 Å². The lowest BCUT2D eigenvalue weighted by atomic mass is 9.97. The van der Waals surface area contributed by atoms with Crippen LogP contribution in [0.1, 0.15) is 34.3 Å². The minimum Gasteiger partial charge on any atom is -0.320 e. The van der Waals surface area contributed by atoms with Crippen LogP contribution in [0.25, 0.3) is 11.1 Å². The Balaban J connectivity index is 1.57. The average Bonchev–Trinajstić information content (AvgIpc) is 3.59. The number of hydrogen-bond donors (Lipinski definition) is 2. The number of aromatic nitrogens is 2. The molecule has 1 aliphatic rings. The van der Waals surface area contributed by atoms with Crippen LogP contribution < -0.4 is 10.6 Å². The summed E-state index contributed by atoms with van der Waals surface area (Å²) >= 11 is 0. The Morgan fingerprint density at radius 1 is 1.00 bits per heavy atom. The standard InChI is InChI=1S/C23H19F3N4O2/c1-13-10-16(23(24,25)26)4-5-17(13)18-7-8-27-12-19(18)29-22(32)15-6-9-28-20(11-15)30-21(31)14-2-3-14/h4-12,14H,2-3H2,1H3,(H,29,32)(H,28,30,31). The van der Waals surface area contributed by atoms with E-state index in [1.54, 1.807) is 13.0 Å². The van der Waals surface area contributed by atoms with Gasteiger partial charge in [0.2, 0.25) is 5.91 Å². The van der Waals surface area contributed by atoms with Gasteiger partial charge in [0.25, 0.3) is 5.91 Å². The molecule has 0 saturated heterocycles. The number of nitrogens with one attached hydrogen (secondary N) is 2. The van der Waals surface area contributed by atoms with Gasteiger partial charge in [0.15, 0.2) is 0 Å². The van der Waals surface area contributed by atoms with Gasteiger partial charge in [-0.2, -0.15) is 13.2 Å². The molecule has 1 aromatic carbocycles. The normalized spacial score (nSPS) is 13.5. The van der Waals surface area contributed by atoms with Gasteiger partial charge in [0.1, 0.15) is 5.82 Å². The molecule has 0 aliphatic heterocycles. The predicted octanol–water partition coefficient (Wildman–Crippen LogP) is 5.07. The van der Waals surface area contributed by atoms with E-state index in [1.165, 1.54) is 36.8 Å². The first-order valence-corrected chi connectivity index (χ1v) is 9.93. The molecule has 0 atom stereocenters. The van der Waals surface area contributed by atoms with Crippen molar-refractivity contribution in [2.45, 2.75) is 25.9 Å². The van der Waals surface area contributed by atoms with Gasteiger partial charge in [0.05, 0.1) is 17.4 Å². The summed E-state index contributed by atoms with van der Waals surface area (Å²) in [6, 6.07) is 8.04. The number of carbonyl (C=O) groups excluding carboxylic acids is 2. The molecule has 32 heavy (non-hydrogen) atoms. The summed E-state index contributed by atoms with van der Waals surface area (Å²) in [7, 11) is 0. The van der Waals surface area contributed by atoms with E-state index in [4.69, 9.17) is 0 Å². The quantitative estimate of drug-likeness (QED) is 0.580. The third-order valence-electron chi connectivity index (χ3n) is 5.13. The molecule has 9 heteroatoms. The highest BCUT2D eigenvalue weighted by Gasteiger charge is 2.31. The fourth-order valence-corrected chi connectivity index (χ4v) is 3.28. The summed E-state index contributed by atoms with van der Waals surface area (Å²) in [4.78, 5) is 32.9. The maximum Gasteiger partial charge on any atom is 0.416 e. The molecular weight excluding hydrogens is 421 g/mol. The van der Waals surface area contributed by atoms with Crippen LogP contribution in [0.4, 0.5) is 24.7 Å². The monoisotopic (exact) mass is 440 g/mol. The van der Waals surface area contributed by atoms with Gasteiger partial charge in [-0.25, -0.2) is 4.98 Å². The number of halogens is 3. The molecule has 0 radical (unpaired) electrons. The van der Waals surface area contributed by atoms with Crippen molar-refractivity contribution in [2.24, 2.45) is 5.92 Å². The lowest BCUT2D eigenvalue weighted by Crippen LogP contribution is -2.16. The summed E-state index contributed by atoms with van der Waals surface area (Å²) in [5, 5.41) is 5.44. The number of carbonyl (C=O) groups is 2. The summed E-state index contributed by atoms with van der Waals surface area (Å²) in [6.45, 7) is 1.58. The van der Waals surface area contributed by atoms with Gasteiger partial charge in [-0.15, -0.1) is 0 Å². The molecular formula is C23H19F3N4O2. The lowest BCUT2D eigenvalue weighted by molar-refractivity contribution is -0.137. The summed E-state index contributed by atoms with van der Waals surface area (Å²) in [6.07, 6.45) is 1.60. The number of nitrogens with zero attached hydrogens (tertiary/aromatic N) is 2. The number of anilines is 2. The molecule has 6 nitrogen and oxygen atoms in total. The highest BCUT2D eigenvalue weighted by Crippen LogP contribution is 2.35. The van der Waals surface area contributed by atoms with Crippen molar-refractivity contribution >= 4 is 23.3 Å². The van der Waals surface area contributed by atoms with Gasteiger partial charge in [-0.3, -0.25) is 14.6 Å². The Morgan fingerprint density at radius 2 is 1.78 bits per heavy atom. The third kappa shape index (κ3) is 4.77. The van der Waals surface area contributed by atoms with E-state index >= 15 is 0 Å². The Bertz CT molecular complexity index is 1190. The molecule has 4 rings (SSSR count). The number of alkyl halides is 3. The van der Waals surface area contributed by atoms with Gasteiger partial charge < -0.3 is 10.6 Å². The van der Waals surface area contributed by atoms with Crippen LogP contribution >= 0.6 is 0 Å². The van der Waals surface area contributed by atoms with E-state index in [1.807, 2.05) is 0 Å². The SMILES string of the molecule is Cc1cc(C(F)(F)F)ccc1-c1ccncc1NC(=O)c1ccnc(NC(=O)C2CC2)c1. The smallest absolute Gasteiger partial charge is 0.320 e. The Hall–Kier alpha value is -3.75. The minimum absolute atomic E-state index is 0.000734. The molecule has 164 valence electrons. The van der Waals surface area contributed by atoms with E-state index in [9.17, 15) is 22.8 Å². The molecule has 2 amide bonds. The maximum absolute atomic E-state index is 13.0. The fourth-order valence-electron chi connectivity index (χ4n) is 3.28. The first-order chi connectivity index (χ1) is 15.2. The topological polar surface area (TPSA) is 84.0 Å². The lowest BCUT2D eigenvalue weighted by Gasteiger charge is -2.15. The van der Waals surface area contributed by atoms with E-state index in [-0.39, 0.29) is 23.2 Å². The molecule has 3 aromatic rings. The van der Waals surface area contributed by atoms with Crippen molar-refractivity contribution in [1.29, 1.82) is 0 Å². The second kappa shape index (κ2) is 8.41. The number of aryl methyl sites for hydroxylation is 1. The van der Waals surface area contributed by atoms with Crippen LogP contribution in [0, 0.1) is 12.8 Å². The van der Waals surface area contributed by atoms with Gasteiger partial charge >= 0.3 is 6.18 Å². The molecule has 0 unspecified atom stereocenters. The highest BCUT2D eigenvalue weighted by molar-refractivity contribution is 6.07. The van der Waals surface area contributed by atoms with E-state index in [0.717, 1.165) is 25.0 Å². The molecule has 0 bridgehead atoms. The second-order valence-corrected chi connectivity index (χ2v) is 7.60. The van der Waals surface area contributed by atoms with E-state index in [2.05, 4.69) is 20.6 Å². The first-order valence-electron chi connectivity index (χ1n) is 9.93. The molecule has 2 heterocycles. The van der Waals surface area contributed by atoms with Gasteiger partial charge in [0, 0.05) is 29.4 Å². The number of rotatable bonds is 5. The Morgan fingerprint density at radius 3 is 2.47 bits per heavy atom. The number of hydrogen-bond acceptors (Lipinski definition) is 4. The van der Waals surface area contributed by atoms with E-state index in [0.29, 0.717) is 22.4 Å². The van der Waals surface area contributed by atoms with Crippen LogP contribution in [-0.4, -0.2) is 21.8 Å². The minimum atomic E-state index is -4.44. The van der Waals surface area contributed by atoms with Crippen LogP contribution in [-0.2, 0) is 11.0 Å². The van der Waals surface area contributed by atoms with Crippen molar-refractivity contribution in [2.75, 3.05) is 10.6 Å². The predicted molar refractivity (Wildman–Crippen MR) is 113 cm³/mol. The van der Waals surface area contributed by atoms with Gasteiger partial charge in [-0.05, 0) is 61.2 Å². The zero-order valence-corrected chi connectivity index (χ0v) is 17.0. The number of amides is 2. The summed E-state index contributed by atoms with van der Waals surface area (Å²) < 4.78 is 39.0. The first kappa shape index (κ1) is 21.5. The van der Waals surface area contributed by atoms with Crippen LogP contribution in [0.5, 0.6) is 0 Å². The van der Waals surface area contributed by atoms with Crippen molar-refractivity contribution < 1.29 is 22.8 Å². The third-order valence-corrected chi connectivity index (χ3v) is 5.13. The average molecular weight is 440 g/mol. The largest absolute Gasteiger partial charge is 0.416 e. The molecule has 1 aliphatic carbocycles. The van der Waals surface area contributed by atoms with Gasteiger partial charge in [-0.1, -0.05) is 6.07 Å². The van der Waals surface area contributed by atoms with Crippen molar-refractivity contribution in [1.82, 2.24) is 9.97 Å². The Kier molecular flexibility index (Phi) is 5.65. The van der Waals surface area contributed by atoms with Crippen molar-refractivity contribution in [3.05, 3.63) is 71.7 Å². The number of benzene rings is 1. The van der Waals surface area contributed by atoms with Crippen LogP contribution in [0.15, 0.2) is 55.0 Å². The molecule has 2 N–H and O–H groups in total. The van der Waals surface area contributed by atoms with Crippen LogP contribution in [0.2, 0.25) is 0 Å². The van der Waals surface area contributed by atoms with Crippen molar-refractivity contribution in [3.8, 4) is 11.1 Å². The van der Waals surface area contributed by atoms with E-state index < -0.39 is 17.6 Å². The number of pyridine rings is 2. The molecule has 1 saturated carbocycles. The molecule has 1 fully saturated rings. The summed E-state index contributed by atoms with van der Waals surface area (Å²) in [5.41, 5.74) is 1.37. The highest BCUT2D eigenvalue weighted by atomic mass is 19.4. The summed E-state index contributed by atoms with van der Waals surface area (Å²) in [5.74, 6) is -0.311. The molecule has 2 aromatic heterocycles. The Labute approximate surface area is 181 Å². The van der Waals surface area contributed by atoms with Crippen LogP contribution in [0.3, 0.4) is 0 Å². The second-order valence-electron chi connectivity index (χ2n) is 7.60. The molecule has 0 spiro atoms. The maximum atomic E-state index is 13.0. The zero-order chi connectivity index (χ0) is 22.9. The zero-order valence-electron chi connectivity index (χ0n) is 17.0.